The molecule has 31 heavy (non-hydrogen) atoms. The fourth-order valence-corrected chi connectivity index (χ4v) is 5.07. The highest BCUT2D eigenvalue weighted by Gasteiger charge is 2.38. The van der Waals surface area contributed by atoms with Crippen molar-refractivity contribution in [2.24, 2.45) is 5.92 Å². The van der Waals surface area contributed by atoms with E-state index in [9.17, 15) is 14.4 Å². The molecule has 0 aliphatic carbocycles. The largest absolute Gasteiger partial charge is 0.459 e. The van der Waals surface area contributed by atoms with Crippen molar-refractivity contribution in [3.05, 3.63) is 70.3 Å². The Morgan fingerprint density at radius 1 is 1.10 bits per heavy atom. The highest BCUT2D eigenvalue weighted by atomic mass is 32.2. The fourth-order valence-electron chi connectivity index (χ4n) is 3.92. The zero-order valence-corrected chi connectivity index (χ0v) is 19.3. The number of esters is 1. The van der Waals surface area contributed by atoms with Gasteiger partial charge in [-0.1, -0.05) is 55.0 Å². The standard InChI is InChI=1S/C25H29NO4S/c1-16-10-17(2)21(18(3)11-16)13-30-25(29)22-14-31-15-26(22)24(28)19(4)12-23(27)20-8-6-5-7-9-20/h5-11,19,22H,12-15H2,1-4H3. The lowest BCUT2D eigenvalue weighted by molar-refractivity contribution is -0.155. The minimum Gasteiger partial charge on any atom is -0.459 e. The van der Waals surface area contributed by atoms with Crippen molar-refractivity contribution in [2.45, 2.75) is 46.8 Å². The molecule has 1 heterocycles. The first-order valence-corrected chi connectivity index (χ1v) is 11.6. The number of carbonyl (C=O) groups is 3. The third-order valence-corrected chi connectivity index (χ3v) is 6.66. The van der Waals surface area contributed by atoms with Crippen LogP contribution < -0.4 is 0 Å². The van der Waals surface area contributed by atoms with E-state index in [0.29, 0.717) is 17.2 Å². The summed E-state index contributed by atoms with van der Waals surface area (Å²) in [6, 6.07) is 12.5. The third-order valence-electron chi connectivity index (χ3n) is 5.65. The lowest BCUT2D eigenvalue weighted by Gasteiger charge is -2.25. The van der Waals surface area contributed by atoms with Gasteiger partial charge in [0, 0.05) is 23.7 Å². The molecule has 2 atom stereocenters. The highest BCUT2D eigenvalue weighted by Crippen LogP contribution is 2.26. The number of carbonyl (C=O) groups excluding carboxylic acids is 3. The van der Waals surface area contributed by atoms with E-state index in [2.05, 4.69) is 12.1 Å². The molecule has 2 unspecified atom stereocenters. The van der Waals surface area contributed by atoms with Gasteiger partial charge in [0.25, 0.3) is 0 Å². The first kappa shape index (κ1) is 23.1. The van der Waals surface area contributed by atoms with Gasteiger partial charge in [0.05, 0.1) is 5.88 Å². The molecule has 5 nitrogen and oxygen atoms in total. The van der Waals surface area contributed by atoms with Gasteiger partial charge in [-0.3, -0.25) is 9.59 Å². The minimum absolute atomic E-state index is 0.0715. The first-order chi connectivity index (χ1) is 14.8. The van der Waals surface area contributed by atoms with Crippen LogP contribution in [-0.4, -0.2) is 40.2 Å². The van der Waals surface area contributed by atoms with Gasteiger partial charge < -0.3 is 9.64 Å². The number of aryl methyl sites for hydroxylation is 3. The molecular weight excluding hydrogens is 410 g/mol. The second-order valence-electron chi connectivity index (χ2n) is 8.20. The summed E-state index contributed by atoms with van der Waals surface area (Å²) in [7, 11) is 0. The van der Waals surface area contributed by atoms with Crippen molar-refractivity contribution < 1.29 is 19.1 Å². The van der Waals surface area contributed by atoms with Gasteiger partial charge in [0.15, 0.2) is 5.78 Å². The summed E-state index contributed by atoms with van der Waals surface area (Å²) in [5.74, 6) is -0.194. The molecule has 1 saturated heterocycles. The van der Waals surface area contributed by atoms with E-state index >= 15 is 0 Å². The molecule has 0 radical (unpaired) electrons. The summed E-state index contributed by atoms with van der Waals surface area (Å²) in [4.78, 5) is 39.8. The van der Waals surface area contributed by atoms with E-state index in [1.54, 1.807) is 36.1 Å². The third kappa shape index (κ3) is 5.56. The van der Waals surface area contributed by atoms with Crippen LogP contribution in [0.5, 0.6) is 0 Å². The Hall–Kier alpha value is -2.60. The monoisotopic (exact) mass is 439 g/mol. The fraction of sp³-hybridized carbons (Fsp3) is 0.400. The number of benzene rings is 2. The second kappa shape index (κ2) is 10.1. The second-order valence-corrected chi connectivity index (χ2v) is 9.20. The number of hydrogen-bond acceptors (Lipinski definition) is 5. The Bertz CT molecular complexity index is 950. The van der Waals surface area contributed by atoms with E-state index in [-0.39, 0.29) is 30.7 Å². The maximum absolute atomic E-state index is 13.0. The quantitative estimate of drug-likeness (QED) is 0.471. The van der Waals surface area contributed by atoms with E-state index in [0.717, 1.165) is 16.7 Å². The Labute approximate surface area is 188 Å². The number of thioether (sulfide) groups is 1. The van der Waals surface area contributed by atoms with Crippen LogP contribution in [0.3, 0.4) is 0 Å². The number of nitrogens with zero attached hydrogens (tertiary/aromatic N) is 1. The molecule has 0 bridgehead atoms. The number of ether oxygens (including phenoxy) is 1. The maximum atomic E-state index is 13.0. The zero-order valence-electron chi connectivity index (χ0n) is 18.5. The normalized spacial score (nSPS) is 16.8. The smallest absolute Gasteiger partial charge is 0.330 e. The molecule has 1 aliphatic rings. The Balaban J connectivity index is 1.61. The molecule has 1 fully saturated rings. The molecule has 1 aliphatic heterocycles. The molecule has 2 aromatic carbocycles. The number of Topliss-reactive ketones (excluding diaryl/α,β-unsaturated/α-hetero) is 1. The number of rotatable bonds is 7. The van der Waals surface area contributed by atoms with Crippen LogP contribution in [0.25, 0.3) is 0 Å². The lowest BCUT2D eigenvalue weighted by Crippen LogP contribution is -2.45. The van der Waals surface area contributed by atoms with Gasteiger partial charge >= 0.3 is 5.97 Å². The van der Waals surface area contributed by atoms with Crippen molar-refractivity contribution in [3.63, 3.8) is 0 Å². The van der Waals surface area contributed by atoms with E-state index in [4.69, 9.17) is 4.74 Å². The minimum atomic E-state index is -0.613. The zero-order chi connectivity index (χ0) is 22.5. The van der Waals surface area contributed by atoms with Crippen LogP contribution >= 0.6 is 11.8 Å². The summed E-state index contributed by atoms with van der Waals surface area (Å²) in [6.07, 6.45) is 0.119. The molecular formula is C25H29NO4S. The predicted molar refractivity (Wildman–Crippen MR) is 123 cm³/mol. The van der Waals surface area contributed by atoms with Gasteiger partial charge in [-0.05, 0) is 37.5 Å². The molecule has 164 valence electrons. The summed E-state index contributed by atoms with van der Waals surface area (Å²) in [6.45, 7) is 8.00. The van der Waals surface area contributed by atoms with Gasteiger partial charge in [-0.2, -0.15) is 0 Å². The molecule has 0 aromatic heterocycles. The van der Waals surface area contributed by atoms with Gasteiger partial charge in [0.2, 0.25) is 5.91 Å². The molecule has 2 aromatic rings. The SMILES string of the molecule is Cc1cc(C)c(COC(=O)C2CSCN2C(=O)C(C)CC(=O)c2ccccc2)c(C)c1. The average molecular weight is 440 g/mol. The average Bonchev–Trinajstić information content (AvgIpc) is 3.22. The number of hydrogen-bond donors (Lipinski definition) is 0. The summed E-state index contributed by atoms with van der Waals surface area (Å²) in [5, 5.41) is 0. The molecule has 1 amide bonds. The van der Waals surface area contributed by atoms with E-state index in [1.807, 2.05) is 26.8 Å². The molecule has 0 spiro atoms. The van der Waals surface area contributed by atoms with Crippen molar-refractivity contribution >= 4 is 29.4 Å². The maximum Gasteiger partial charge on any atom is 0.330 e. The lowest BCUT2D eigenvalue weighted by atomic mass is 9.98. The molecule has 3 rings (SSSR count). The highest BCUT2D eigenvalue weighted by molar-refractivity contribution is 7.99. The van der Waals surface area contributed by atoms with Crippen molar-refractivity contribution in [2.75, 3.05) is 11.6 Å². The number of amides is 1. The molecule has 0 saturated carbocycles. The van der Waals surface area contributed by atoms with Crippen LogP contribution in [0.15, 0.2) is 42.5 Å². The topological polar surface area (TPSA) is 63.7 Å². The van der Waals surface area contributed by atoms with Gasteiger partial charge in [-0.25, -0.2) is 4.79 Å². The van der Waals surface area contributed by atoms with E-state index in [1.165, 1.54) is 17.3 Å². The van der Waals surface area contributed by atoms with E-state index < -0.39 is 12.0 Å². The van der Waals surface area contributed by atoms with Crippen LogP contribution in [0.4, 0.5) is 0 Å². The van der Waals surface area contributed by atoms with Crippen LogP contribution in [-0.2, 0) is 20.9 Å². The molecule has 6 heteroatoms. The van der Waals surface area contributed by atoms with Gasteiger partial charge in [-0.15, -0.1) is 11.8 Å². The Morgan fingerprint density at radius 2 is 1.74 bits per heavy atom. The summed E-state index contributed by atoms with van der Waals surface area (Å²) < 4.78 is 5.61. The van der Waals surface area contributed by atoms with Crippen molar-refractivity contribution in [1.29, 1.82) is 0 Å². The van der Waals surface area contributed by atoms with Crippen molar-refractivity contribution in [3.8, 4) is 0 Å². The number of ketones is 1. The van der Waals surface area contributed by atoms with Gasteiger partial charge in [0.1, 0.15) is 12.6 Å². The summed E-state index contributed by atoms with van der Waals surface area (Å²) >= 11 is 1.53. The van der Waals surface area contributed by atoms with Crippen molar-refractivity contribution in [1.82, 2.24) is 4.90 Å². The first-order valence-electron chi connectivity index (χ1n) is 10.5. The molecule has 0 N–H and O–H groups in total. The summed E-state index contributed by atoms with van der Waals surface area (Å²) in [5.41, 5.74) is 4.95. The predicted octanol–water partition coefficient (Wildman–Crippen LogP) is 4.47. The Kier molecular flexibility index (Phi) is 7.55. The van der Waals surface area contributed by atoms with Crippen LogP contribution in [0, 0.1) is 26.7 Å². The van der Waals surface area contributed by atoms with Crippen LogP contribution in [0.1, 0.15) is 46.0 Å². The Morgan fingerprint density at radius 3 is 2.39 bits per heavy atom. The van der Waals surface area contributed by atoms with Crippen LogP contribution in [0.2, 0.25) is 0 Å².